The van der Waals surface area contributed by atoms with Gasteiger partial charge in [-0.1, -0.05) is 37.3 Å². The van der Waals surface area contributed by atoms with Crippen LogP contribution in [0.4, 0.5) is 11.6 Å². The second-order valence-electron chi connectivity index (χ2n) is 4.58. The maximum atomic E-state index is 5.80. The molecular formula is C15H20N4. The van der Waals surface area contributed by atoms with E-state index in [9.17, 15) is 0 Å². The minimum Gasteiger partial charge on any atom is -0.384 e. The van der Waals surface area contributed by atoms with E-state index in [1.54, 1.807) is 0 Å². The van der Waals surface area contributed by atoms with Crippen LogP contribution in [0.15, 0.2) is 36.4 Å². The first-order chi connectivity index (χ1) is 9.19. The number of nitrogen functional groups attached to an aromatic ring is 1. The van der Waals surface area contributed by atoms with Crippen LogP contribution >= 0.6 is 0 Å². The van der Waals surface area contributed by atoms with Gasteiger partial charge in [0.05, 0.1) is 0 Å². The molecule has 100 valence electrons. The third-order valence-electron chi connectivity index (χ3n) is 3.06. The minimum atomic E-state index is 0.536. The fraction of sp³-hybridized carbons (Fsp3) is 0.333. The summed E-state index contributed by atoms with van der Waals surface area (Å²) in [6.07, 6.45) is 1.78. The maximum Gasteiger partial charge on any atom is 0.134 e. The van der Waals surface area contributed by atoms with E-state index in [-0.39, 0.29) is 0 Å². The summed E-state index contributed by atoms with van der Waals surface area (Å²) >= 11 is 0. The minimum absolute atomic E-state index is 0.536. The summed E-state index contributed by atoms with van der Waals surface area (Å²) < 4.78 is 0. The predicted octanol–water partition coefficient (Wildman–Crippen LogP) is 2.30. The van der Waals surface area contributed by atoms with Gasteiger partial charge in [-0.3, -0.25) is 0 Å². The van der Waals surface area contributed by atoms with E-state index in [1.807, 2.05) is 26.1 Å². The molecule has 4 heteroatoms. The van der Waals surface area contributed by atoms with Crippen molar-refractivity contribution in [2.24, 2.45) is 0 Å². The van der Waals surface area contributed by atoms with Crippen LogP contribution in [-0.2, 0) is 12.8 Å². The molecule has 0 radical (unpaired) electrons. The Labute approximate surface area is 114 Å². The molecule has 0 unspecified atom stereocenters. The summed E-state index contributed by atoms with van der Waals surface area (Å²) in [7, 11) is 2.03. The van der Waals surface area contributed by atoms with E-state index in [4.69, 9.17) is 5.73 Å². The number of benzene rings is 1. The van der Waals surface area contributed by atoms with Crippen molar-refractivity contribution in [3.63, 3.8) is 0 Å². The molecule has 1 heterocycles. The normalized spacial score (nSPS) is 10.4. The molecule has 0 atom stereocenters. The van der Waals surface area contributed by atoms with Crippen LogP contribution in [0.3, 0.4) is 0 Å². The van der Waals surface area contributed by atoms with Crippen molar-refractivity contribution < 1.29 is 0 Å². The molecule has 4 nitrogen and oxygen atoms in total. The molecule has 0 fully saturated rings. The van der Waals surface area contributed by atoms with Gasteiger partial charge in [-0.15, -0.1) is 0 Å². The van der Waals surface area contributed by atoms with E-state index in [0.717, 1.165) is 31.0 Å². The molecule has 0 amide bonds. The quantitative estimate of drug-likeness (QED) is 0.892. The molecule has 0 aliphatic heterocycles. The smallest absolute Gasteiger partial charge is 0.134 e. The largest absolute Gasteiger partial charge is 0.384 e. The highest BCUT2D eigenvalue weighted by Gasteiger charge is 2.06. The summed E-state index contributed by atoms with van der Waals surface area (Å²) in [5.74, 6) is 2.22. The Hall–Kier alpha value is -2.10. The Balaban J connectivity index is 2.03. The Kier molecular flexibility index (Phi) is 4.34. The van der Waals surface area contributed by atoms with Crippen LogP contribution in [0.5, 0.6) is 0 Å². The third-order valence-corrected chi connectivity index (χ3v) is 3.06. The van der Waals surface area contributed by atoms with Gasteiger partial charge in [0.2, 0.25) is 0 Å². The molecule has 1 aromatic carbocycles. The molecular weight excluding hydrogens is 236 g/mol. The fourth-order valence-electron chi connectivity index (χ4n) is 1.91. The lowest BCUT2D eigenvalue weighted by atomic mass is 10.1. The molecule has 0 spiro atoms. The number of hydrogen-bond donors (Lipinski definition) is 1. The number of rotatable bonds is 5. The number of aromatic nitrogens is 2. The lowest BCUT2D eigenvalue weighted by Crippen LogP contribution is -2.22. The number of aryl methyl sites for hydroxylation is 1. The zero-order valence-corrected chi connectivity index (χ0v) is 11.5. The van der Waals surface area contributed by atoms with Crippen molar-refractivity contribution in [2.45, 2.75) is 19.8 Å². The summed E-state index contributed by atoms with van der Waals surface area (Å²) in [6.45, 7) is 2.94. The van der Waals surface area contributed by atoms with Crippen molar-refractivity contribution in [3.8, 4) is 0 Å². The summed E-state index contributed by atoms with van der Waals surface area (Å²) in [6, 6.07) is 12.3. The van der Waals surface area contributed by atoms with Gasteiger partial charge >= 0.3 is 0 Å². The molecule has 0 aliphatic carbocycles. The predicted molar refractivity (Wildman–Crippen MR) is 79.2 cm³/mol. The molecule has 0 saturated heterocycles. The van der Waals surface area contributed by atoms with Gasteiger partial charge in [0.25, 0.3) is 0 Å². The maximum absolute atomic E-state index is 5.80. The van der Waals surface area contributed by atoms with E-state index in [0.29, 0.717) is 5.82 Å². The van der Waals surface area contributed by atoms with Crippen molar-refractivity contribution in [3.05, 3.63) is 47.8 Å². The molecule has 19 heavy (non-hydrogen) atoms. The van der Waals surface area contributed by atoms with Crippen LogP contribution in [0.25, 0.3) is 0 Å². The van der Waals surface area contributed by atoms with Gasteiger partial charge in [-0.2, -0.15) is 0 Å². The highest BCUT2D eigenvalue weighted by atomic mass is 15.2. The first-order valence-corrected chi connectivity index (χ1v) is 6.57. The Morgan fingerprint density at radius 3 is 2.58 bits per heavy atom. The number of nitrogens with two attached hydrogens (primary N) is 1. The lowest BCUT2D eigenvalue weighted by Gasteiger charge is -2.19. The summed E-state index contributed by atoms with van der Waals surface area (Å²) in [5, 5.41) is 0. The van der Waals surface area contributed by atoms with Gasteiger partial charge in [0.15, 0.2) is 0 Å². The first-order valence-electron chi connectivity index (χ1n) is 6.57. The van der Waals surface area contributed by atoms with E-state index >= 15 is 0 Å². The molecule has 2 N–H and O–H groups in total. The highest BCUT2D eigenvalue weighted by molar-refractivity contribution is 5.46. The average Bonchev–Trinajstić information content (AvgIpc) is 2.45. The summed E-state index contributed by atoms with van der Waals surface area (Å²) in [4.78, 5) is 10.8. The fourth-order valence-corrected chi connectivity index (χ4v) is 1.91. The van der Waals surface area contributed by atoms with Crippen molar-refractivity contribution >= 4 is 11.6 Å². The third kappa shape index (κ3) is 3.68. The van der Waals surface area contributed by atoms with Crippen molar-refractivity contribution in [1.29, 1.82) is 0 Å². The topological polar surface area (TPSA) is 55.0 Å². The van der Waals surface area contributed by atoms with Crippen LogP contribution in [-0.4, -0.2) is 23.6 Å². The standard InChI is InChI=1S/C15H20N4/c1-3-14-17-13(16)11-15(18-14)19(2)10-9-12-7-5-4-6-8-12/h4-8,11H,3,9-10H2,1-2H3,(H2,16,17,18). The van der Waals surface area contributed by atoms with E-state index < -0.39 is 0 Å². The highest BCUT2D eigenvalue weighted by Crippen LogP contribution is 2.13. The van der Waals surface area contributed by atoms with Gasteiger partial charge in [0.1, 0.15) is 17.5 Å². The molecule has 0 bridgehead atoms. The zero-order valence-electron chi connectivity index (χ0n) is 11.5. The SMILES string of the molecule is CCc1nc(N)cc(N(C)CCc2ccccc2)n1. The Morgan fingerprint density at radius 2 is 1.89 bits per heavy atom. The molecule has 0 saturated carbocycles. The van der Waals surface area contributed by atoms with Gasteiger partial charge < -0.3 is 10.6 Å². The van der Waals surface area contributed by atoms with Crippen LogP contribution < -0.4 is 10.6 Å². The number of hydrogen-bond acceptors (Lipinski definition) is 4. The Morgan fingerprint density at radius 1 is 1.16 bits per heavy atom. The van der Waals surface area contributed by atoms with Crippen molar-refractivity contribution in [2.75, 3.05) is 24.2 Å². The van der Waals surface area contributed by atoms with Gasteiger partial charge in [-0.25, -0.2) is 9.97 Å². The molecule has 1 aromatic heterocycles. The molecule has 2 aromatic rings. The monoisotopic (exact) mass is 256 g/mol. The van der Waals surface area contributed by atoms with E-state index in [1.165, 1.54) is 5.56 Å². The van der Waals surface area contributed by atoms with Crippen molar-refractivity contribution in [1.82, 2.24) is 9.97 Å². The average molecular weight is 256 g/mol. The number of anilines is 2. The lowest BCUT2D eigenvalue weighted by molar-refractivity contribution is 0.838. The Bertz CT molecular complexity index is 525. The van der Waals surface area contributed by atoms with Gasteiger partial charge in [0, 0.05) is 26.1 Å². The second kappa shape index (κ2) is 6.18. The van der Waals surface area contributed by atoms with Gasteiger partial charge in [-0.05, 0) is 12.0 Å². The number of nitrogens with zero attached hydrogens (tertiary/aromatic N) is 3. The summed E-state index contributed by atoms with van der Waals surface area (Å²) in [5.41, 5.74) is 7.13. The van der Waals surface area contributed by atoms with E-state index in [2.05, 4.69) is 39.1 Å². The van der Waals surface area contributed by atoms with Crippen LogP contribution in [0, 0.1) is 0 Å². The van der Waals surface area contributed by atoms with Crippen LogP contribution in [0.2, 0.25) is 0 Å². The van der Waals surface area contributed by atoms with Crippen LogP contribution in [0.1, 0.15) is 18.3 Å². The molecule has 2 rings (SSSR count). The molecule has 0 aliphatic rings. The zero-order chi connectivity index (χ0) is 13.7. The second-order valence-corrected chi connectivity index (χ2v) is 4.58. The first kappa shape index (κ1) is 13.3. The number of likely N-dealkylation sites (N-methyl/N-ethyl adjacent to an activating group) is 1.